The highest BCUT2D eigenvalue weighted by molar-refractivity contribution is 5.89. The van der Waals surface area contributed by atoms with Crippen LogP contribution in [0, 0.1) is 11.3 Å². The molecule has 0 amide bonds. The molecule has 0 atom stereocenters. The van der Waals surface area contributed by atoms with Crippen LogP contribution in [0.15, 0.2) is 122 Å². The Hall–Kier alpha value is -5.93. The van der Waals surface area contributed by atoms with Gasteiger partial charge in [0.15, 0.2) is 11.5 Å². The van der Waals surface area contributed by atoms with Gasteiger partial charge in [-0.2, -0.15) is 5.26 Å². The monoisotopic (exact) mass is 540 g/mol. The van der Waals surface area contributed by atoms with Crippen LogP contribution in [0.1, 0.15) is 27.8 Å². The Bertz CT molecular complexity index is 2100. The maximum atomic E-state index is 9.53. The summed E-state index contributed by atoms with van der Waals surface area (Å²) in [5, 5.41) is 9.53. The molecule has 6 heteroatoms. The fraction of sp³-hybridized carbons (Fsp3) is 0.0278. The van der Waals surface area contributed by atoms with Gasteiger partial charge in [0, 0.05) is 35.7 Å². The van der Waals surface area contributed by atoms with Gasteiger partial charge >= 0.3 is 0 Å². The van der Waals surface area contributed by atoms with E-state index in [1.165, 1.54) is 0 Å². The molecule has 0 N–H and O–H groups in total. The summed E-state index contributed by atoms with van der Waals surface area (Å²) < 4.78 is 12.9. The largest absolute Gasteiger partial charge is 0.457 e. The lowest BCUT2D eigenvalue weighted by molar-refractivity contribution is 0.436. The molecule has 2 aromatic heterocycles. The van der Waals surface area contributed by atoms with Crippen LogP contribution >= 0.6 is 0 Å². The van der Waals surface area contributed by atoms with Crippen LogP contribution in [0.5, 0.6) is 23.0 Å². The average Bonchev–Trinajstić information content (AvgIpc) is 3.34. The summed E-state index contributed by atoms with van der Waals surface area (Å²) in [7, 11) is 0. The second kappa shape index (κ2) is 8.29. The first-order valence-corrected chi connectivity index (χ1v) is 13.7. The highest BCUT2D eigenvalue weighted by Gasteiger charge is 2.52. The van der Waals surface area contributed by atoms with Crippen molar-refractivity contribution in [1.82, 2.24) is 9.97 Å². The number of aromatic nitrogens is 2. The molecule has 6 nitrogen and oxygen atoms in total. The minimum Gasteiger partial charge on any atom is -0.457 e. The van der Waals surface area contributed by atoms with Crippen molar-refractivity contribution in [3.05, 3.63) is 149 Å². The number of nitriles is 1. The number of ether oxygens (including phenoxy) is 2. The Morgan fingerprint density at radius 3 is 2.00 bits per heavy atom. The van der Waals surface area contributed by atoms with E-state index >= 15 is 0 Å². The predicted molar refractivity (Wildman–Crippen MR) is 159 cm³/mol. The molecule has 0 bridgehead atoms. The zero-order valence-corrected chi connectivity index (χ0v) is 22.2. The third-order valence-corrected chi connectivity index (χ3v) is 8.44. The standard InChI is InChI=1S/C36H20N4O2/c37-21-22-13-16-29-33(19-22)42-31-12-4-2-10-28(31)40(29)23-14-15-25-32(20-23)41-30-11-3-1-7-24(30)36(25)26-8-5-17-38-34(26)35-27(36)9-6-18-39-35/h1-20H. The van der Waals surface area contributed by atoms with E-state index in [4.69, 9.17) is 19.4 Å². The number of benzene rings is 4. The first kappa shape index (κ1) is 22.8. The molecule has 0 unspecified atom stereocenters. The van der Waals surface area contributed by atoms with Crippen LogP contribution in [-0.4, -0.2) is 9.97 Å². The molecule has 6 aromatic rings. The molecule has 1 aliphatic carbocycles. The molecule has 42 heavy (non-hydrogen) atoms. The Kier molecular flexibility index (Phi) is 4.51. The van der Waals surface area contributed by atoms with Crippen molar-refractivity contribution < 1.29 is 9.47 Å². The van der Waals surface area contributed by atoms with Gasteiger partial charge in [0.05, 0.1) is 45.5 Å². The van der Waals surface area contributed by atoms with Crippen molar-refractivity contribution in [2.24, 2.45) is 0 Å². The molecular weight excluding hydrogens is 520 g/mol. The summed E-state index contributed by atoms with van der Waals surface area (Å²) in [5.74, 6) is 2.91. The first-order valence-electron chi connectivity index (χ1n) is 13.7. The molecule has 0 saturated heterocycles. The zero-order valence-electron chi connectivity index (χ0n) is 22.2. The summed E-state index contributed by atoms with van der Waals surface area (Å²) >= 11 is 0. The smallest absolute Gasteiger partial charge is 0.152 e. The molecule has 0 radical (unpaired) electrons. The summed E-state index contributed by atoms with van der Waals surface area (Å²) in [6.07, 6.45) is 3.66. The maximum absolute atomic E-state index is 9.53. The summed E-state index contributed by atoms with van der Waals surface area (Å²) in [6, 6.07) is 38.6. The number of anilines is 3. The topological polar surface area (TPSA) is 71.3 Å². The lowest BCUT2D eigenvalue weighted by atomic mass is 9.66. The van der Waals surface area contributed by atoms with E-state index in [-0.39, 0.29) is 0 Å². The van der Waals surface area contributed by atoms with Crippen LogP contribution in [-0.2, 0) is 5.41 Å². The van der Waals surface area contributed by atoms with Crippen molar-refractivity contribution in [3.63, 3.8) is 0 Å². The molecule has 0 saturated carbocycles. The predicted octanol–water partition coefficient (Wildman–Crippen LogP) is 8.39. The number of hydrogen-bond donors (Lipinski definition) is 0. The number of pyridine rings is 2. The second-order valence-electron chi connectivity index (χ2n) is 10.5. The quantitative estimate of drug-likeness (QED) is 0.208. The molecule has 9 rings (SSSR count). The van der Waals surface area contributed by atoms with Gasteiger partial charge in [-0.15, -0.1) is 0 Å². The van der Waals surface area contributed by atoms with Gasteiger partial charge in [0.2, 0.25) is 0 Å². The van der Waals surface area contributed by atoms with E-state index in [0.29, 0.717) is 11.3 Å². The molecule has 2 aliphatic heterocycles. The Balaban J connectivity index is 1.31. The van der Waals surface area contributed by atoms with E-state index in [9.17, 15) is 5.26 Å². The van der Waals surface area contributed by atoms with Crippen molar-refractivity contribution in [2.75, 3.05) is 4.90 Å². The van der Waals surface area contributed by atoms with Crippen LogP contribution in [0.25, 0.3) is 11.4 Å². The Labute approximate surface area is 241 Å². The second-order valence-corrected chi connectivity index (χ2v) is 10.5. The van der Waals surface area contributed by atoms with Gasteiger partial charge in [-0.25, -0.2) is 0 Å². The van der Waals surface area contributed by atoms with Crippen molar-refractivity contribution in [2.45, 2.75) is 5.41 Å². The normalized spacial score (nSPS) is 14.2. The van der Waals surface area contributed by atoms with E-state index < -0.39 is 5.41 Å². The van der Waals surface area contributed by atoms with Crippen LogP contribution in [0.3, 0.4) is 0 Å². The van der Waals surface area contributed by atoms with E-state index in [1.54, 1.807) is 6.07 Å². The van der Waals surface area contributed by atoms with Crippen LogP contribution in [0.2, 0.25) is 0 Å². The minimum atomic E-state index is -0.627. The highest BCUT2D eigenvalue weighted by Crippen LogP contribution is 2.62. The summed E-state index contributed by atoms with van der Waals surface area (Å²) in [4.78, 5) is 11.8. The molecule has 196 valence electrons. The zero-order chi connectivity index (χ0) is 27.8. The van der Waals surface area contributed by atoms with Gasteiger partial charge < -0.3 is 14.4 Å². The number of para-hydroxylation sites is 3. The third-order valence-electron chi connectivity index (χ3n) is 8.44. The van der Waals surface area contributed by atoms with E-state index in [1.807, 2.05) is 73.1 Å². The number of fused-ring (bicyclic) bond motifs is 11. The Morgan fingerprint density at radius 1 is 0.571 bits per heavy atom. The SMILES string of the molecule is N#Cc1ccc2c(c1)Oc1ccccc1N2c1ccc2c(c1)Oc1ccccc1C21c2cccnc2-c2ncccc21. The molecule has 1 spiro atoms. The summed E-state index contributed by atoms with van der Waals surface area (Å²) in [5.41, 5.74) is 8.66. The van der Waals surface area contributed by atoms with E-state index in [2.05, 4.69) is 53.4 Å². The average molecular weight is 541 g/mol. The number of rotatable bonds is 1. The van der Waals surface area contributed by atoms with Gasteiger partial charge in [-0.05, 0) is 59.7 Å². The van der Waals surface area contributed by atoms with Gasteiger partial charge in [0.25, 0.3) is 0 Å². The highest BCUT2D eigenvalue weighted by atomic mass is 16.5. The molecule has 4 aromatic carbocycles. The first-order chi connectivity index (χ1) is 20.8. The van der Waals surface area contributed by atoms with Crippen LogP contribution in [0.4, 0.5) is 17.1 Å². The molecule has 4 heterocycles. The maximum Gasteiger partial charge on any atom is 0.152 e. The fourth-order valence-corrected chi connectivity index (χ4v) is 6.80. The fourth-order valence-electron chi connectivity index (χ4n) is 6.80. The van der Waals surface area contributed by atoms with Gasteiger partial charge in [0.1, 0.15) is 11.5 Å². The molecule has 3 aliphatic rings. The van der Waals surface area contributed by atoms with E-state index in [0.717, 1.165) is 68.0 Å². The van der Waals surface area contributed by atoms with Crippen molar-refractivity contribution in [3.8, 4) is 40.5 Å². The van der Waals surface area contributed by atoms with Crippen molar-refractivity contribution in [1.29, 1.82) is 5.26 Å². The van der Waals surface area contributed by atoms with Crippen molar-refractivity contribution >= 4 is 17.1 Å². The van der Waals surface area contributed by atoms with Gasteiger partial charge in [-0.3, -0.25) is 9.97 Å². The molecular formula is C36H20N4O2. The van der Waals surface area contributed by atoms with Gasteiger partial charge in [-0.1, -0.05) is 48.5 Å². The number of hydrogen-bond acceptors (Lipinski definition) is 6. The number of nitrogens with zero attached hydrogens (tertiary/aromatic N) is 4. The third kappa shape index (κ3) is 2.86. The van der Waals surface area contributed by atoms with Crippen LogP contribution < -0.4 is 14.4 Å². The summed E-state index contributed by atoms with van der Waals surface area (Å²) in [6.45, 7) is 0. The minimum absolute atomic E-state index is 0.543. The Morgan fingerprint density at radius 2 is 1.21 bits per heavy atom. The lowest BCUT2D eigenvalue weighted by Gasteiger charge is -2.40. The molecule has 0 fully saturated rings. The lowest BCUT2D eigenvalue weighted by Crippen LogP contribution is -2.32.